The highest BCUT2D eigenvalue weighted by Crippen LogP contribution is 2.08. The highest BCUT2D eigenvalue weighted by Gasteiger charge is 2.18. The van der Waals surface area contributed by atoms with Crippen LogP contribution in [0.3, 0.4) is 0 Å². The maximum Gasteiger partial charge on any atom is 0.320 e. The molecule has 1 rings (SSSR count). The van der Waals surface area contributed by atoms with Crippen molar-refractivity contribution in [3.8, 4) is 0 Å². The number of rotatable bonds is 6. The molecule has 4 heteroatoms. The topological polar surface area (TPSA) is 26.8 Å². The van der Waals surface area contributed by atoms with Gasteiger partial charge in [0.15, 0.2) is 0 Å². The molecule has 0 aromatic carbocycles. The fourth-order valence-electron chi connectivity index (χ4n) is 2.53. The van der Waals surface area contributed by atoms with E-state index in [1.165, 1.54) is 32.4 Å². The molecule has 1 heterocycles. The minimum absolute atomic E-state index is 0.194. The van der Waals surface area contributed by atoms with Crippen LogP contribution in [-0.4, -0.2) is 66.5 Å². The van der Waals surface area contributed by atoms with E-state index in [1.807, 2.05) is 23.6 Å². The molecule has 1 aliphatic heterocycles. The molecule has 0 unspecified atom stereocenters. The van der Waals surface area contributed by atoms with Crippen molar-refractivity contribution in [2.75, 3.05) is 45.8 Å². The number of nitrogens with zero attached hydrogens (tertiary/aromatic N) is 3. The SMILES string of the molecule is CCN(CC)C(=O)N(CC)CCN1CCCCC1. The van der Waals surface area contributed by atoms with Crippen molar-refractivity contribution in [2.45, 2.75) is 40.0 Å². The highest BCUT2D eigenvalue weighted by atomic mass is 16.2. The number of amides is 2. The van der Waals surface area contributed by atoms with Gasteiger partial charge >= 0.3 is 6.03 Å². The van der Waals surface area contributed by atoms with Crippen LogP contribution in [0.25, 0.3) is 0 Å². The zero-order valence-electron chi connectivity index (χ0n) is 12.3. The van der Waals surface area contributed by atoms with Gasteiger partial charge in [-0.3, -0.25) is 0 Å². The molecule has 0 bridgehead atoms. The molecule has 1 aliphatic rings. The van der Waals surface area contributed by atoms with Crippen molar-refractivity contribution < 1.29 is 4.79 Å². The van der Waals surface area contributed by atoms with Crippen molar-refractivity contribution in [3.05, 3.63) is 0 Å². The van der Waals surface area contributed by atoms with Gasteiger partial charge in [0.25, 0.3) is 0 Å². The summed E-state index contributed by atoms with van der Waals surface area (Å²) in [4.78, 5) is 18.6. The Labute approximate surface area is 112 Å². The average Bonchev–Trinajstić information content (AvgIpc) is 2.42. The first-order valence-electron chi connectivity index (χ1n) is 7.49. The van der Waals surface area contributed by atoms with E-state index in [4.69, 9.17) is 0 Å². The second kappa shape index (κ2) is 8.35. The van der Waals surface area contributed by atoms with E-state index < -0.39 is 0 Å². The maximum absolute atomic E-state index is 12.2. The van der Waals surface area contributed by atoms with Gasteiger partial charge in [-0.25, -0.2) is 4.79 Å². The zero-order chi connectivity index (χ0) is 13.4. The smallest absolute Gasteiger partial charge is 0.320 e. The summed E-state index contributed by atoms with van der Waals surface area (Å²) in [6.45, 7) is 12.9. The third kappa shape index (κ3) is 4.48. The van der Waals surface area contributed by atoms with Crippen molar-refractivity contribution >= 4 is 6.03 Å². The number of hydrogen-bond donors (Lipinski definition) is 0. The second-order valence-corrected chi connectivity index (χ2v) is 4.94. The number of likely N-dealkylation sites (N-methyl/N-ethyl adjacent to an activating group) is 1. The van der Waals surface area contributed by atoms with Crippen LogP contribution in [0.2, 0.25) is 0 Å². The van der Waals surface area contributed by atoms with Crippen LogP contribution in [0.15, 0.2) is 0 Å². The first kappa shape index (κ1) is 15.3. The first-order valence-corrected chi connectivity index (χ1v) is 7.49. The van der Waals surface area contributed by atoms with Crippen LogP contribution in [-0.2, 0) is 0 Å². The lowest BCUT2D eigenvalue weighted by molar-refractivity contribution is 0.145. The summed E-state index contributed by atoms with van der Waals surface area (Å²) < 4.78 is 0. The fourth-order valence-corrected chi connectivity index (χ4v) is 2.53. The third-order valence-corrected chi connectivity index (χ3v) is 3.82. The van der Waals surface area contributed by atoms with Crippen LogP contribution in [0.4, 0.5) is 4.79 Å². The Balaban J connectivity index is 2.37. The van der Waals surface area contributed by atoms with Gasteiger partial charge in [-0.15, -0.1) is 0 Å². The van der Waals surface area contributed by atoms with Crippen molar-refractivity contribution in [1.29, 1.82) is 0 Å². The van der Waals surface area contributed by atoms with Gasteiger partial charge in [0, 0.05) is 32.7 Å². The summed E-state index contributed by atoms with van der Waals surface area (Å²) in [6, 6.07) is 0.194. The molecule has 0 aliphatic carbocycles. The van der Waals surface area contributed by atoms with Gasteiger partial charge in [-0.1, -0.05) is 6.42 Å². The molecule has 1 saturated heterocycles. The molecule has 0 saturated carbocycles. The fraction of sp³-hybridized carbons (Fsp3) is 0.929. The summed E-state index contributed by atoms with van der Waals surface area (Å²) in [5.74, 6) is 0. The molecule has 0 spiro atoms. The second-order valence-electron chi connectivity index (χ2n) is 4.94. The molecule has 4 nitrogen and oxygen atoms in total. The van der Waals surface area contributed by atoms with Gasteiger partial charge < -0.3 is 14.7 Å². The Morgan fingerprint density at radius 2 is 1.50 bits per heavy atom. The summed E-state index contributed by atoms with van der Waals surface area (Å²) in [5, 5.41) is 0. The van der Waals surface area contributed by atoms with Crippen LogP contribution >= 0.6 is 0 Å². The molecule has 0 radical (unpaired) electrons. The number of piperidine rings is 1. The summed E-state index contributed by atoms with van der Waals surface area (Å²) in [6.07, 6.45) is 4.00. The predicted molar refractivity (Wildman–Crippen MR) is 75.9 cm³/mol. The third-order valence-electron chi connectivity index (χ3n) is 3.82. The van der Waals surface area contributed by atoms with Crippen LogP contribution in [0, 0.1) is 0 Å². The van der Waals surface area contributed by atoms with E-state index in [2.05, 4.69) is 11.8 Å². The number of likely N-dealkylation sites (tertiary alicyclic amines) is 1. The molecule has 2 amide bonds. The van der Waals surface area contributed by atoms with Crippen molar-refractivity contribution in [2.24, 2.45) is 0 Å². The highest BCUT2D eigenvalue weighted by molar-refractivity contribution is 5.74. The van der Waals surface area contributed by atoms with Crippen LogP contribution in [0.1, 0.15) is 40.0 Å². The summed E-state index contributed by atoms with van der Waals surface area (Å²) in [7, 11) is 0. The van der Waals surface area contributed by atoms with E-state index in [1.54, 1.807) is 0 Å². The van der Waals surface area contributed by atoms with Gasteiger partial charge in [0.05, 0.1) is 0 Å². The van der Waals surface area contributed by atoms with Crippen LogP contribution in [0.5, 0.6) is 0 Å². The molecule has 0 aromatic rings. The van der Waals surface area contributed by atoms with Gasteiger partial charge in [-0.2, -0.15) is 0 Å². The molecule has 0 N–H and O–H groups in total. The Hall–Kier alpha value is -0.770. The molecule has 0 atom stereocenters. The lowest BCUT2D eigenvalue weighted by atomic mass is 10.1. The molecular formula is C14H29N3O. The summed E-state index contributed by atoms with van der Waals surface area (Å²) in [5.41, 5.74) is 0. The van der Waals surface area contributed by atoms with E-state index in [-0.39, 0.29) is 6.03 Å². The monoisotopic (exact) mass is 255 g/mol. The molecular weight excluding hydrogens is 226 g/mol. The molecule has 18 heavy (non-hydrogen) atoms. The normalized spacial score (nSPS) is 16.6. The number of carbonyl (C=O) groups excluding carboxylic acids is 1. The first-order chi connectivity index (χ1) is 8.72. The standard InChI is InChI=1S/C14H29N3O/c1-4-16(5-2)14(18)17(6-3)13-12-15-10-8-7-9-11-15/h4-13H2,1-3H3. The number of hydrogen-bond acceptors (Lipinski definition) is 2. The Bertz CT molecular complexity index is 235. The Kier molecular flexibility index (Phi) is 7.09. The molecule has 0 aromatic heterocycles. The lowest BCUT2D eigenvalue weighted by Crippen LogP contribution is -2.46. The predicted octanol–water partition coefficient (Wildman–Crippen LogP) is 2.26. The van der Waals surface area contributed by atoms with E-state index >= 15 is 0 Å². The minimum Gasteiger partial charge on any atom is -0.325 e. The van der Waals surface area contributed by atoms with Gasteiger partial charge in [0.1, 0.15) is 0 Å². The molecule has 106 valence electrons. The largest absolute Gasteiger partial charge is 0.325 e. The maximum atomic E-state index is 12.2. The Morgan fingerprint density at radius 1 is 0.944 bits per heavy atom. The van der Waals surface area contributed by atoms with Crippen LogP contribution < -0.4 is 0 Å². The van der Waals surface area contributed by atoms with E-state index in [0.717, 1.165) is 32.7 Å². The molecule has 1 fully saturated rings. The van der Waals surface area contributed by atoms with Crippen molar-refractivity contribution in [1.82, 2.24) is 14.7 Å². The average molecular weight is 255 g/mol. The van der Waals surface area contributed by atoms with Gasteiger partial charge in [-0.05, 0) is 46.7 Å². The lowest BCUT2D eigenvalue weighted by Gasteiger charge is -2.32. The summed E-state index contributed by atoms with van der Waals surface area (Å²) >= 11 is 0. The number of urea groups is 1. The quantitative estimate of drug-likeness (QED) is 0.728. The minimum atomic E-state index is 0.194. The van der Waals surface area contributed by atoms with E-state index in [9.17, 15) is 4.79 Å². The zero-order valence-corrected chi connectivity index (χ0v) is 12.3. The number of carbonyl (C=O) groups is 1. The van der Waals surface area contributed by atoms with E-state index in [0.29, 0.717) is 0 Å². The Morgan fingerprint density at radius 3 is 2.00 bits per heavy atom. The van der Waals surface area contributed by atoms with Crippen molar-refractivity contribution in [3.63, 3.8) is 0 Å². The van der Waals surface area contributed by atoms with Gasteiger partial charge in [0.2, 0.25) is 0 Å².